The van der Waals surface area contributed by atoms with Gasteiger partial charge in [0, 0.05) is 38.8 Å². The van der Waals surface area contributed by atoms with E-state index in [-0.39, 0.29) is 12.1 Å². The Balaban J connectivity index is 1.74. The van der Waals surface area contributed by atoms with E-state index in [9.17, 15) is 4.79 Å². The van der Waals surface area contributed by atoms with Gasteiger partial charge in [-0.25, -0.2) is 4.79 Å². The summed E-state index contributed by atoms with van der Waals surface area (Å²) in [4.78, 5) is 16.0. The van der Waals surface area contributed by atoms with Crippen LogP contribution in [-0.4, -0.2) is 66.9 Å². The van der Waals surface area contributed by atoms with Crippen molar-refractivity contribution in [3.8, 4) is 0 Å². The summed E-state index contributed by atoms with van der Waals surface area (Å²) in [6.07, 6.45) is 0. The molecule has 1 aromatic heterocycles. The Bertz CT molecular complexity index is 457. The van der Waals surface area contributed by atoms with Gasteiger partial charge in [0.2, 0.25) is 0 Å². The fraction of sp³-hybridized carbons (Fsp3) is 0.714. The van der Waals surface area contributed by atoms with E-state index in [0.717, 1.165) is 44.3 Å². The van der Waals surface area contributed by atoms with Gasteiger partial charge >= 0.3 is 6.03 Å². The highest BCUT2D eigenvalue weighted by Gasteiger charge is 2.17. The first-order valence-electron chi connectivity index (χ1n) is 7.28. The molecule has 1 fully saturated rings. The lowest BCUT2D eigenvalue weighted by Crippen LogP contribution is -2.48. The fourth-order valence-electron chi connectivity index (χ4n) is 2.34. The average molecular weight is 296 g/mol. The molecule has 0 aliphatic carbocycles. The lowest BCUT2D eigenvalue weighted by molar-refractivity contribution is 0.0347. The van der Waals surface area contributed by atoms with Crippen LogP contribution in [0, 0.1) is 6.92 Å². The first-order valence-corrected chi connectivity index (χ1v) is 7.28. The van der Waals surface area contributed by atoms with Crippen molar-refractivity contribution in [1.29, 1.82) is 0 Å². The Morgan fingerprint density at radius 1 is 1.52 bits per heavy atom. The van der Waals surface area contributed by atoms with Crippen LogP contribution in [0.2, 0.25) is 0 Å². The van der Waals surface area contributed by atoms with Crippen LogP contribution in [0.25, 0.3) is 0 Å². The molecule has 1 saturated heterocycles. The van der Waals surface area contributed by atoms with Gasteiger partial charge in [-0.15, -0.1) is 0 Å². The third-order valence-electron chi connectivity index (χ3n) is 3.43. The molecule has 0 aromatic carbocycles. The second-order valence-electron chi connectivity index (χ2n) is 5.55. The maximum atomic E-state index is 12.1. The molecule has 1 aliphatic heterocycles. The maximum Gasteiger partial charge on any atom is 0.317 e. The first-order chi connectivity index (χ1) is 10.0. The van der Waals surface area contributed by atoms with Crippen LogP contribution < -0.4 is 5.32 Å². The quantitative estimate of drug-likeness (QED) is 0.872. The van der Waals surface area contributed by atoms with Crippen molar-refractivity contribution in [2.75, 3.05) is 39.9 Å². The van der Waals surface area contributed by atoms with Gasteiger partial charge in [-0.05, 0) is 13.8 Å². The third kappa shape index (κ3) is 5.02. The maximum absolute atomic E-state index is 12.1. The molecule has 2 rings (SSSR count). The monoisotopic (exact) mass is 296 g/mol. The minimum Gasteiger partial charge on any atom is -0.379 e. The molecular weight excluding hydrogens is 272 g/mol. The largest absolute Gasteiger partial charge is 0.379 e. The molecule has 7 nitrogen and oxygen atoms in total. The van der Waals surface area contributed by atoms with E-state index in [4.69, 9.17) is 9.26 Å². The number of carbonyl (C=O) groups excluding carboxylic acids is 1. The minimum absolute atomic E-state index is 0.0945. The van der Waals surface area contributed by atoms with Crippen molar-refractivity contribution >= 4 is 6.03 Å². The lowest BCUT2D eigenvalue weighted by atomic mass is 10.3. The summed E-state index contributed by atoms with van der Waals surface area (Å²) in [7, 11) is 1.75. The molecule has 1 aliphatic rings. The van der Waals surface area contributed by atoms with E-state index in [0.29, 0.717) is 6.54 Å². The Kier molecular flexibility index (Phi) is 5.58. The van der Waals surface area contributed by atoms with Crippen molar-refractivity contribution in [2.45, 2.75) is 26.4 Å². The van der Waals surface area contributed by atoms with E-state index < -0.39 is 0 Å². The molecule has 0 spiro atoms. The highest BCUT2D eigenvalue weighted by Crippen LogP contribution is 2.05. The second-order valence-corrected chi connectivity index (χ2v) is 5.55. The summed E-state index contributed by atoms with van der Waals surface area (Å²) < 4.78 is 10.3. The molecule has 7 heteroatoms. The Morgan fingerprint density at radius 3 is 2.86 bits per heavy atom. The van der Waals surface area contributed by atoms with Gasteiger partial charge < -0.3 is 19.5 Å². The SMILES string of the molecule is Cc1cc(CN(C)C(=O)N[C@@H](C)CN2CCOCC2)no1. The van der Waals surface area contributed by atoms with Crippen LogP contribution in [0.3, 0.4) is 0 Å². The van der Waals surface area contributed by atoms with Crippen molar-refractivity contribution < 1.29 is 14.1 Å². The Morgan fingerprint density at radius 2 is 2.24 bits per heavy atom. The number of morpholine rings is 1. The van der Waals surface area contributed by atoms with Gasteiger partial charge in [-0.2, -0.15) is 0 Å². The summed E-state index contributed by atoms with van der Waals surface area (Å²) in [5.74, 6) is 0.750. The van der Waals surface area contributed by atoms with Crippen molar-refractivity contribution in [2.24, 2.45) is 0 Å². The predicted octanol–water partition coefficient (Wildman–Crippen LogP) is 0.845. The van der Waals surface area contributed by atoms with Gasteiger partial charge in [0.25, 0.3) is 0 Å². The summed E-state index contributed by atoms with van der Waals surface area (Å²) in [5, 5.41) is 6.89. The molecule has 21 heavy (non-hydrogen) atoms. The molecule has 118 valence electrons. The molecule has 1 N–H and O–H groups in total. The number of ether oxygens (including phenoxy) is 1. The van der Waals surface area contributed by atoms with E-state index in [1.54, 1.807) is 11.9 Å². The smallest absolute Gasteiger partial charge is 0.317 e. The second kappa shape index (κ2) is 7.42. The zero-order valence-corrected chi connectivity index (χ0v) is 13.0. The lowest BCUT2D eigenvalue weighted by Gasteiger charge is -2.30. The van der Waals surface area contributed by atoms with Crippen molar-refractivity contribution in [3.63, 3.8) is 0 Å². The van der Waals surface area contributed by atoms with Crippen LogP contribution in [0.4, 0.5) is 4.79 Å². The van der Waals surface area contributed by atoms with Crippen LogP contribution in [0.1, 0.15) is 18.4 Å². The standard InChI is InChI=1S/C14H24N4O3/c1-11(9-18-4-6-20-7-5-18)15-14(19)17(3)10-13-8-12(2)21-16-13/h8,11H,4-7,9-10H2,1-3H3,(H,15,19)/t11-/m0/s1. The van der Waals surface area contributed by atoms with Gasteiger partial charge in [0.1, 0.15) is 11.5 Å². The van der Waals surface area contributed by atoms with Gasteiger partial charge in [0.05, 0.1) is 19.8 Å². The van der Waals surface area contributed by atoms with Gasteiger partial charge in [-0.1, -0.05) is 5.16 Å². The Labute approximate surface area is 125 Å². The summed E-state index contributed by atoms with van der Waals surface area (Å²) >= 11 is 0. The highest BCUT2D eigenvalue weighted by atomic mass is 16.5. The fourth-order valence-corrected chi connectivity index (χ4v) is 2.34. The van der Waals surface area contributed by atoms with Gasteiger partial charge in [0.15, 0.2) is 0 Å². The van der Waals surface area contributed by atoms with Crippen LogP contribution in [-0.2, 0) is 11.3 Å². The first kappa shape index (κ1) is 15.8. The molecule has 1 atom stereocenters. The number of amides is 2. The van der Waals surface area contributed by atoms with Crippen molar-refractivity contribution in [3.05, 3.63) is 17.5 Å². The van der Waals surface area contributed by atoms with Crippen LogP contribution in [0.5, 0.6) is 0 Å². The topological polar surface area (TPSA) is 70.8 Å². The predicted molar refractivity (Wildman–Crippen MR) is 78.0 cm³/mol. The average Bonchev–Trinajstić information content (AvgIpc) is 2.85. The van der Waals surface area contributed by atoms with E-state index in [1.807, 2.05) is 19.9 Å². The third-order valence-corrected chi connectivity index (χ3v) is 3.43. The number of hydrogen-bond acceptors (Lipinski definition) is 5. The summed E-state index contributed by atoms with van der Waals surface area (Å²) in [6.45, 7) is 8.52. The molecule has 0 saturated carbocycles. The Hall–Kier alpha value is -1.60. The van der Waals surface area contributed by atoms with Gasteiger partial charge in [-0.3, -0.25) is 4.90 Å². The van der Waals surface area contributed by atoms with Crippen LogP contribution in [0.15, 0.2) is 10.6 Å². The van der Waals surface area contributed by atoms with E-state index in [1.165, 1.54) is 0 Å². The number of aromatic nitrogens is 1. The number of carbonyl (C=O) groups is 1. The van der Waals surface area contributed by atoms with Crippen LogP contribution >= 0.6 is 0 Å². The molecule has 0 bridgehead atoms. The van der Waals surface area contributed by atoms with Crippen molar-refractivity contribution in [1.82, 2.24) is 20.3 Å². The summed E-state index contributed by atoms with van der Waals surface area (Å²) in [5.41, 5.74) is 0.756. The highest BCUT2D eigenvalue weighted by molar-refractivity contribution is 5.74. The number of nitrogens with one attached hydrogen (secondary N) is 1. The molecule has 0 radical (unpaired) electrons. The number of nitrogens with zero attached hydrogens (tertiary/aromatic N) is 3. The van der Waals surface area contributed by atoms with E-state index >= 15 is 0 Å². The number of aryl methyl sites for hydroxylation is 1. The molecule has 2 amide bonds. The zero-order valence-electron chi connectivity index (χ0n) is 13.0. The normalized spacial score (nSPS) is 17.5. The molecular formula is C14H24N4O3. The van der Waals surface area contributed by atoms with E-state index in [2.05, 4.69) is 15.4 Å². The summed E-state index contributed by atoms with van der Waals surface area (Å²) in [6, 6.07) is 1.83. The molecule has 1 aromatic rings. The molecule has 2 heterocycles. The number of urea groups is 1. The minimum atomic E-state index is -0.101. The number of rotatable bonds is 5. The zero-order chi connectivity index (χ0) is 15.2. The molecule has 0 unspecified atom stereocenters. The number of hydrogen-bond donors (Lipinski definition) is 1.